The van der Waals surface area contributed by atoms with E-state index in [1.54, 1.807) is 31.2 Å². The van der Waals surface area contributed by atoms with Crippen LogP contribution in [0.3, 0.4) is 0 Å². The van der Waals surface area contributed by atoms with E-state index in [1.807, 2.05) is 0 Å². The zero-order valence-electron chi connectivity index (χ0n) is 14.6. The Kier molecular flexibility index (Phi) is 7.02. The van der Waals surface area contributed by atoms with E-state index in [2.05, 4.69) is 34.0 Å². The minimum Gasteiger partial charge on any atom is -0.357 e. The molecule has 1 heterocycles. The second-order valence-corrected chi connectivity index (χ2v) is 6.51. The normalized spacial score (nSPS) is 10.6. The highest BCUT2D eigenvalue weighted by atomic mass is 35.5. The summed E-state index contributed by atoms with van der Waals surface area (Å²) < 4.78 is 0. The number of aryl methyl sites for hydroxylation is 1. The van der Waals surface area contributed by atoms with Crippen LogP contribution in [0, 0.1) is 6.92 Å². The van der Waals surface area contributed by atoms with Crippen LogP contribution in [-0.4, -0.2) is 29.0 Å². The first-order chi connectivity index (χ1) is 12.0. The summed E-state index contributed by atoms with van der Waals surface area (Å²) in [7, 11) is 0. The SMILES string of the molecule is CCCN(CCC)c1cc(C(=O)Nc2c(Cl)cccc2Cl)nc(C)n1. The lowest BCUT2D eigenvalue weighted by atomic mass is 10.2. The molecule has 0 atom stereocenters. The monoisotopic (exact) mass is 380 g/mol. The van der Waals surface area contributed by atoms with Crippen molar-refractivity contribution in [3.05, 3.63) is 45.8 Å². The van der Waals surface area contributed by atoms with Crippen LogP contribution in [-0.2, 0) is 0 Å². The number of amides is 1. The van der Waals surface area contributed by atoms with Crippen molar-refractivity contribution in [3.63, 3.8) is 0 Å². The molecule has 0 radical (unpaired) electrons. The molecule has 0 aliphatic heterocycles. The second kappa shape index (κ2) is 9.02. The molecule has 0 unspecified atom stereocenters. The number of nitrogens with one attached hydrogen (secondary N) is 1. The smallest absolute Gasteiger partial charge is 0.274 e. The first kappa shape index (κ1) is 19.5. The molecular weight excluding hydrogens is 359 g/mol. The van der Waals surface area contributed by atoms with E-state index in [9.17, 15) is 4.79 Å². The Balaban J connectivity index is 2.31. The Morgan fingerprint density at radius 2 is 1.72 bits per heavy atom. The minimum absolute atomic E-state index is 0.288. The Labute approximate surface area is 158 Å². The zero-order chi connectivity index (χ0) is 18.4. The molecule has 0 saturated carbocycles. The van der Waals surface area contributed by atoms with E-state index in [0.29, 0.717) is 21.6 Å². The van der Waals surface area contributed by atoms with Gasteiger partial charge in [-0.2, -0.15) is 0 Å². The number of benzene rings is 1. The summed E-state index contributed by atoms with van der Waals surface area (Å²) in [5.74, 6) is 0.936. The maximum Gasteiger partial charge on any atom is 0.274 e. The summed E-state index contributed by atoms with van der Waals surface area (Å²) in [4.78, 5) is 23.5. The molecule has 1 aromatic heterocycles. The number of aromatic nitrogens is 2. The van der Waals surface area contributed by atoms with Crippen LogP contribution in [0.1, 0.15) is 43.0 Å². The number of anilines is 2. The first-order valence-electron chi connectivity index (χ1n) is 8.32. The highest BCUT2D eigenvalue weighted by molar-refractivity contribution is 6.40. The fraction of sp³-hybridized carbons (Fsp3) is 0.389. The van der Waals surface area contributed by atoms with Crippen molar-refractivity contribution < 1.29 is 4.79 Å². The summed E-state index contributed by atoms with van der Waals surface area (Å²) >= 11 is 12.2. The number of nitrogens with zero attached hydrogens (tertiary/aromatic N) is 3. The molecule has 1 amide bonds. The van der Waals surface area contributed by atoms with Gasteiger partial charge in [-0.15, -0.1) is 0 Å². The van der Waals surface area contributed by atoms with Crippen LogP contribution < -0.4 is 10.2 Å². The molecule has 7 heteroatoms. The lowest BCUT2D eigenvalue weighted by molar-refractivity contribution is 0.102. The van der Waals surface area contributed by atoms with Gasteiger partial charge < -0.3 is 10.2 Å². The van der Waals surface area contributed by atoms with Gasteiger partial charge in [0.1, 0.15) is 17.3 Å². The van der Waals surface area contributed by atoms with Gasteiger partial charge in [-0.05, 0) is 31.9 Å². The Morgan fingerprint density at radius 1 is 1.12 bits per heavy atom. The van der Waals surface area contributed by atoms with Gasteiger partial charge in [-0.3, -0.25) is 4.79 Å². The Bertz CT molecular complexity index is 726. The third-order valence-corrected chi connectivity index (χ3v) is 4.20. The van der Waals surface area contributed by atoms with Gasteiger partial charge in [0.05, 0.1) is 15.7 Å². The van der Waals surface area contributed by atoms with Gasteiger partial charge in [0.15, 0.2) is 0 Å². The lowest BCUT2D eigenvalue weighted by Gasteiger charge is -2.23. The predicted molar refractivity (Wildman–Crippen MR) is 104 cm³/mol. The van der Waals surface area contributed by atoms with Crippen LogP contribution in [0.4, 0.5) is 11.5 Å². The van der Waals surface area contributed by atoms with Gasteiger partial charge in [0.25, 0.3) is 5.91 Å². The van der Waals surface area contributed by atoms with Crippen molar-refractivity contribution in [2.45, 2.75) is 33.6 Å². The average molecular weight is 381 g/mol. The van der Waals surface area contributed by atoms with Gasteiger partial charge >= 0.3 is 0 Å². The topological polar surface area (TPSA) is 58.1 Å². The number of para-hydroxylation sites is 1. The third-order valence-electron chi connectivity index (χ3n) is 3.57. The number of carbonyl (C=O) groups is 1. The number of carbonyl (C=O) groups excluding carboxylic acids is 1. The van der Waals surface area contributed by atoms with E-state index in [-0.39, 0.29) is 11.6 Å². The maximum atomic E-state index is 12.6. The number of halogens is 2. The standard InChI is InChI=1S/C18H22Cl2N4O/c1-4-9-24(10-5-2)16-11-15(21-12(3)22-16)18(25)23-17-13(19)7-6-8-14(17)20/h6-8,11H,4-5,9-10H2,1-3H3,(H,23,25). The molecule has 1 N–H and O–H groups in total. The molecule has 0 aliphatic rings. The van der Waals surface area contributed by atoms with Gasteiger partial charge in [0.2, 0.25) is 0 Å². The quantitative estimate of drug-likeness (QED) is 0.736. The average Bonchev–Trinajstić information content (AvgIpc) is 2.57. The molecule has 134 valence electrons. The van der Waals surface area contributed by atoms with Crippen LogP contribution in [0.5, 0.6) is 0 Å². The van der Waals surface area contributed by atoms with Crippen molar-refractivity contribution in [1.29, 1.82) is 0 Å². The van der Waals surface area contributed by atoms with Gasteiger partial charge in [-0.25, -0.2) is 9.97 Å². The first-order valence-corrected chi connectivity index (χ1v) is 9.07. The summed E-state index contributed by atoms with van der Waals surface area (Å²) in [6.45, 7) is 7.76. The second-order valence-electron chi connectivity index (χ2n) is 5.70. The van der Waals surface area contributed by atoms with E-state index < -0.39 is 0 Å². The molecule has 0 aliphatic carbocycles. The number of hydrogen-bond donors (Lipinski definition) is 1. The Hall–Kier alpha value is -1.85. The molecule has 0 fully saturated rings. The molecule has 0 bridgehead atoms. The van der Waals surface area contributed by atoms with Gasteiger partial charge in [-0.1, -0.05) is 43.1 Å². The molecule has 25 heavy (non-hydrogen) atoms. The zero-order valence-corrected chi connectivity index (χ0v) is 16.2. The number of rotatable bonds is 7. The summed E-state index contributed by atoms with van der Waals surface area (Å²) in [5, 5.41) is 3.50. The predicted octanol–water partition coefficient (Wildman–Crippen LogP) is 4.97. The van der Waals surface area contributed by atoms with Crippen molar-refractivity contribution in [2.24, 2.45) is 0 Å². The van der Waals surface area contributed by atoms with E-state index in [1.165, 1.54) is 0 Å². The molecule has 0 spiro atoms. The largest absolute Gasteiger partial charge is 0.357 e. The number of hydrogen-bond acceptors (Lipinski definition) is 4. The summed E-state index contributed by atoms with van der Waals surface area (Å²) in [5.41, 5.74) is 0.670. The highest BCUT2D eigenvalue weighted by Gasteiger charge is 2.16. The lowest BCUT2D eigenvalue weighted by Crippen LogP contribution is -2.27. The highest BCUT2D eigenvalue weighted by Crippen LogP contribution is 2.30. The van der Waals surface area contributed by atoms with Crippen molar-refractivity contribution in [3.8, 4) is 0 Å². The molecule has 5 nitrogen and oxygen atoms in total. The minimum atomic E-state index is -0.366. The molecule has 1 aromatic carbocycles. The van der Waals surface area contributed by atoms with E-state index in [4.69, 9.17) is 23.2 Å². The van der Waals surface area contributed by atoms with Gasteiger partial charge in [0, 0.05) is 19.2 Å². The fourth-order valence-corrected chi connectivity index (χ4v) is 3.00. The van der Waals surface area contributed by atoms with Crippen LogP contribution in [0.2, 0.25) is 10.0 Å². The van der Waals surface area contributed by atoms with E-state index in [0.717, 1.165) is 31.7 Å². The molecule has 2 rings (SSSR count). The maximum absolute atomic E-state index is 12.6. The molecule has 0 saturated heterocycles. The fourth-order valence-electron chi connectivity index (χ4n) is 2.51. The molecular formula is C18H22Cl2N4O. The molecule has 2 aromatic rings. The van der Waals surface area contributed by atoms with E-state index >= 15 is 0 Å². The Morgan fingerprint density at radius 3 is 2.28 bits per heavy atom. The van der Waals surface area contributed by atoms with Crippen LogP contribution in [0.15, 0.2) is 24.3 Å². The van der Waals surface area contributed by atoms with Crippen LogP contribution in [0.25, 0.3) is 0 Å². The summed E-state index contributed by atoms with van der Waals surface area (Å²) in [6, 6.07) is 6.77. The van der Waals surface area contributed by atoms with Crippen molar-refractivity contribution >= 4 is 40.6 Å². The van der Waals surface area contributed by atoms with Crippen LogP contribution >= 0.6 is 23.2 Å². The van der Waals surface area contributed by atoms with Crippen molar-refractivity contribution in [2.75, 3.05) is 23.3 Å². The van der Waals surface area contributed by atoms with Crippen molar-refractivity contribution in [1.82, 2.24) is 9.97 Å². The third kappa shape index (κ3) is 5.06. The summed E-state index contributed by atoms with van der Waals surface area (Å²) in [6.07, 6.45) is 2.00.